The molecule has 4 heteroatoms. The van der Waals surface area contributed by atoms with Crippen molar-refractivity contribution in [2.45, 2.75) is 19.4 Å². The minimum atomic E-state index is -0.669. The van der Waals surface area contributed by atoms with E-state index >= 15 is 0 Å². The fraction of sp³-hybridized carbons (Fsp3) is 0.333. The molecule has 0 amide bonds. The molecule has 0 spiro atoms. The van der Waals surface area contributed by atoms with Gasteiger partial charge in [-0.1, -0.05) is 0 Å². The van der Waals surface area contributed by atoms with E-state index in [-0.39, 0.29) is 24.6 Å². The first-order valence-electron chi connectivity index (χ1n) is 3.83. The molecule has 0 aliphatic heterocycles. The zero-order valence-corrected chi connectivity index (χ0v) is 8.08. The predicted molar refractivity (Wildman–Crippen MR) is 43.3 cm³/mol. The second-order valence-corrected chi connectivity index (χ2v) is 2.76. The summed E-state index contributed by atoms with van der Waals surface area (Å²) in [5.41, 5.74) is 0.768. The first kappa shape index (κ1) is 12.1. The molecule has 0 saturated heterocycles. The largest absolute Gasteiger partial charge is 1.00 e. The smallest absolute Gasteiger partial charge is 0.167 e. The van der Waals surface area contributed by atoms with Crippen molar-refractivity contribution >= 4 is 5.78 Å². The molecular weight excluding hydrogens is 190 g/mol. The summed E-state index contributed by atoms with van der Waals surface area (Å²) in [6.07, 6.45) is 2.96. The molecular formula is C9H12ClNO2. The molecule has 0 aromatic carbocycles. The van der Waals surface area contributed by atoms with Crippen molar-refractivity contribution < 1.29 is 27.3 Å². The molecule has 1 rings (SSSR count). The Morgan fingerprint density at radius 1 is 1.54 bits per heavy atom. The van der Waals surface area contributed by atoms with Crippen LogP contribution in [0.3, 0.4) is 0 Å². The van der Waals surface area contributed by atoms with Gasteiger partial charge >= 0.3 is 0 Å². The maximum Gasteiger partial charge on any atom is 0.167 e. The summed E-state index contributed by atoms with van der Waals surface area (Å²) in [4.78, 5) is 13.5. The Hall–Kier alpha value is -0.930. The lowest BCUT2D eigenvalue weighted by Gasteiger charge is -2.05. The van der Waals surface area contributed by atoms with Gasteiger partial charge in [-0.05, 0) is 12.5 Å². The topological polar surface area (TPSA) is 51.4 Å². The highest BCUT2D eigenvalue weighted by atomic mass is 35.5. The molecule has 1 heterocycles. The Labute approximate surface area is 83.2 Å². The van der Waals surface area contributed by atoms with Crippen LogP contribution in [0.2, 0.25) is 0 Å². The van der Waals surface area contributed by atoms with Crippen LogP contribution in [0.1, 0.15) is 25.0 Å². The zero-order chi connectivity index (χ0) is 8.97. The molecule has 0 saturated carbocycles. The summed E-state index contributed by atoms with van der Waals surface area (Å²) >= 11 is 0. The number of H-pyrrole nitrogens is 1. The van der Waals surface area contributed by atoms with E-state index in [0.717, 1.165) is 5.56 Å². The van der Waals surface area contributed by atoms with Crippen LogP contribution in [0.5, 0.6) is 0 Å². The fourth-order valence-electron chi connectivity index (χ4n) is 1.01. The molecule has 0 radical (unpaired) electrons. The zero-order valence-electron chi connectivity index (χ0n) is 7.33. The number of hydrogen-bond acceptors (Lipinski definition) is 2. The Morgan fingerprint density at radius 3 is 2.54 bits per heavy atom. The van der Waals surface area contributed by atoms with Crippen LogP contribution < -0.4 is 17.4 Å². The van der Waals surface area contributed by atoms with Gasteiger partial charge in [-0.2, -0.15) is 0 Å². The summed E-state index contributed by atoms with van der Waals surface area (Å²) in [5.74, 6) is -0.00432. The van der Waals surface area contributed by atoms with E-state index in [4.69, 9.17) is 0 Å². The van der Waals surface area contributed by atoms with Gasteiger partial charge in [0.25, 0.3) is 0 Å². The number of halogens is 1. The summed E-state index contributed by atoms with van der Waals surface area (Å²) in [5, 5.41) is 9.46. The summed E-state index contributed by atoms with van der Waals surface area (Å²) in [7, 11) is 0. The number of rotatable bonds is 3. The summed E-state index contributed by atoms with van der Waals surface area (Å²) in [6.45, 7) is 1.47. The van der Waals surface area contributed by atoms with Crippen LogP contribution in [0.4, 0.5) is 0 Å². The van der Waals surface area contributed by atoms with Crippen molar-refractivity contribution in [1.82, 2.24) is 0 Å². The van der Waals surface area contributed by atoms with Gasteiger partial charge in [0.2, 0.25) is 0 Å². The minimum absolute atomic E-state index is 0. The molecule has 72 valence electrons. The van der Waals surface area contributed by atoms with E-state index < -0.39 is 6.10 Å². The fourth-order valence-corrected chi connectivity index (χ4v) is 1.01. The number of aromatic amines is 1. The molecule has 1 unspecified atom stereocenters. The molecule has 0 aliphatic rings. The highest BCUT2D eigenvalue weighted by Crippen LogP contribution is 2.14. The Balaban J connectivity index is 0.00000144. The standard InChI is InChI=1S/C9H11NO2.ClH/c1-7(11)6-9(12)8-2-4-10-5-3-8;/h2-5,9,12H,6H2,1H3;1H. The number of nitrogens with one attached hydrogen (secondary N) is 1. The lowest BCUT2D eigenvalue weighted by Crippen LogP contribution is -3.00. The number of aromatic nitrogens is 1. The monoisotopic (exact) mass is 201 g/mol. The van der Waals surface area contributed by atoms with E-state index in [9.17, 15) is 9.90 Å². The quantitative estimate of drug-likeness (QED) is 0.589. The molecule has 1 atom stereocenters. The molecule has 13 heavy (non-hydrogen) atoms. The number of pyridine rings is 1. The van der Waals surface area contributed by atoms with Gasteiger partial charge in [-0.25, -0.2) is 4.98 Å². The van der Waals surface area contributed by atoms with E-state index in [2.05, 4.69) is 4.98 Å². The predicted octanol–water partition coefficient (Wildman–Crippen LogP) is -2.48. The average molecular weight is 202 g/mol. The third-order valence-corrected chi connectivity index (χ3v) is 1.61. The van der Waals surface area contributed by atoms with Crippen LogP contribution in [-0.4, -0.2) is 10.9 Å². The Kier molecular flexibility index (Phi) is 5.26. The lowest BCUT2D eigenvalue weighted by atomic mass is 10.1. The van der Waals surface area contributed by atoms with E-state index in [1.54, 1.807) is 24.5 Å². The Morgan fingerprint density at radius 2 is 2.08 bits per heavy atom. The van der Waals surface area contributed by atoms with E-state index in [0.29, 0.717) is 0 Å². The third-order valence-electron chi connectivity index (χ3n) is 1.61. The number of hydrogen-bond donors (Lipinski definition) is 1. The molecule has 0 aliphatic carbocycles. The van der Waals surface area contributed by atoms with Gasteiger partial charge in [-0.15, -0.1) is 0 Å². The van der Waals surface area contributed by atoms with Gasteiger partial charge < -0.3 is 17.5 Å². The maximum absolute atomic E-state index is 10.7. The van der Waals surface area contributed by atoms with Gasteiger partial charge in [0.05, 0.1) is 6.10 Å². The van der Waals surface area contributed by atoms with Gasteiger partial charge in [-0.3, -0.25) is 4.79 Å². The third kappa shape index (κ3) is 4.01. The van der Waals surface area contributed by atoms with Crippen molar-refractivity contribution in [2.24, 2.45) is 0 Å². The number of ketones is 1. The number of aliphatic hydroxyl groups is 1. The number of Topliss-reactive ketones (excluding diaryl/α,β-unsaturated/α-hetero) is 1. The van der Waals surface area contributed by atoms with E-state index in [1.807, 2.05) is 0 Å². The molecule has 0 fully saturated rings. The van der Waals surface area contributed by atoms with Crippen LogP contribution in [0, 0.1) is 0 Å². The van der Waals surface area contributed by atoms with Crippen LogP contribution in [0.15, 0.2) is 24.5 Å². The van der Waals surface area contributed by atoms with Crippen molar-refractivity contribution in [2.75, 3.05) is 0 Å². The van der Waals surface area contributed by atoms with Crippen LogP contribution in [0.25, 0.3) is 0 Å². The first-order valence-corrected chi connectivity index (χ1v) is 3.83. The average Bonchev–Trinajstić information content (AvgIpc) is 2.05. The van der Waals surface area contributed by atoms with Gasteiger partial charge in [0.15, 0.2) is 12.4 Å². The second-order valence-electron chi connectivity index (χ2n) is 2.76. The van der Waals surface area contributed by atoms with Gasteiger partial charge in [0.1, 0.15) is 5.78 Å². The highest BCUT2D eigenvalue weighted by Gasteiger charge is 2.09. The SMILES string of the molecule is CC(=O)CC(O)c1cc[nH+]cc1.[Cl-]. The van der Waals surface area contributed by atoms with Crippen molar-refractivity contribution in [3.05, 3.63) is 30.1 Å². The molecule has 0 bridgehead atoms. The maximum atomic E-state index is 10.7. The molecule has 1 aromatic heterocycles. The van der Waals surface area contributed by atoms with Gasteiger partial charge in [0, 0.05) is 18.6 Å². The summed E-state index contributed by atoms with van der Waals surface area (Å²) < 4.78 is 0. The molecule has 2 N–H and O–H groups in total. The minimum Gasteiger partial charge on any atom is -1.00 e. The molecule has 3 nitrogen and oxygen atoms in total. The van der Waals surface area contributed by atoms with Crippen molar-refractivity contribution in [3.8, 4) is 0 Å². The molecule has 1 aromatic rings. The van der Waals surface area contributed by atoms with Crippen molar-refractivity contribution in [1.29, 1.82) is 0 Å². The second kappa shape index (κ2) is 5.67. The first-order chi connectivity index (χ1) is 5.70. The van der Waals surface area contributed by atoms with Crippen molar-refractivity contribution in [3.63, 3.8) is 0 Å². The normalized spacial score (nSPS) is 11.5. The summed E-state index contributed by atoms with van der Waals surface area (Å²) in [6, 6.07) is 3.52. The highest BCUT2D eigenvalue weighted by molar-refractivity contribution is 5.76. The lowest BCUT2D eigenvalue weighted by molar-refractivity contribution is -0.378. The van der Waals surface area contributed by atoms with Crippen LogP contribution >= 0.6 is 0 Å². The Bertz CT molecular complexity index is 264. The van der Waals surface area contributed by atoms with Crippen LogP contribution in [-0.2, 0) is 4.79 Å². The number of carbonyl (C=O) groups excluding carboxylic acids is 1. The number of aliphatic hydroxyl groups excluding tert-OH is 1. The number of carbonyl (C=O) groups is 1. The van der Waals surface area contributed by atoms with E-state index in [1.165, 1.54) is 6.92 Å².